The number of anilines is 1. The van der Waals surface area contributed by atoms with E-state index in [0.29, 0.717) is 18.5 Å². The van der Waals surface area contributed by atoms with Gasteiger partial charge in [-0.25, -0.2) is 4.99 Å². The highest BCUT2D eigenvalue weighted by Gasteiger charge is 2.59. The number of nitrogens with two attached hydrogens (primary N) is 1. The zero-order valence-corrected chi connectivity index (χ0v) is 14.9. The molecule has 1 heterocycles. The number of benzene rings is 1. The van der Waals surface area contributed by atoms with E-state index in [9.17, 15) is 0 Å². The van der Waals surface area contributed by atoms with Gasteiger partial charge >= 0.3 is 0 Å². The van der Waals surface area contributed by atoms with Crippen LogP contribution in [0.1, 0.15) is 51.5 Å². The minimum absolute atomic E-state index is 0.0809. The number of hydrogen-bond acceptors (Lipinski definition) is 3. The van der Waals surface area contributed by atoms with E-state index >= 15 is 0 Å². The predicted octanol–water partition coefficient (Wildman–Crippen LogP) is 3.26. The van der Waals surface area contributed by atoms with Gasteiger partial charge in [0, 0.05) is 25.3 Å². The van der Waals surface area contributed by atoms with Gasteiger partial charge < -0.3 is 20.5 Å². The number of ether oxygens (including phenoxy) is 2. The Morgan fingerprint density at radius 3 is 3.00 bits per heavy atom. The van der Waals surface area contributed by atoms with Gasteiger partial charge in [-0.1, -0.05) is 26.0 Å². The molecule has 2 fully saturated rings. The van der Waals surface area contributed by atoms with Gasteiger partial charge in [-0.2, -0.15) is 0 Å². The summed E-state index contributed by atoms with van der Waals surface area (Å²) in [5.41, 5.74) is 8.15. The van der Waals surface area contributed by atoms with E-state index < -0.39 is 0 Å². The molecular formula is C19H29N3O2. The maximum absolute atomic E-state index is 6.16. The highest BCUT2D eigenvalue weighted by Crippen LogP contribution is 2.47. The molecular weight excluding hydrogens is 302 g/mol. The standard InChI is InChI=1S/C19H29N3O2/c1-4-23-17-12-16(19(17)9-6-10-24-19)22-18(20)21-15-8-5-7-14(11-15)13(2)3/h5,7-8,11,13,16-17H,4,6,9-10,12H2,1-3H3,(H3,20,21,22). The number of rotatable bonds is 5. The van der Waals surface area contributed by atoms with Crippen LogP contribution in [0.25, 0.3) is 0 Å². The highest BCUT2D eigenvalue weighted by atomic mass is 16.6. The van der Waals surface area contributed by atoms with E-state index in [4.69, 9.17) is 20.2 Å². The molecule has 1 saturated carbocycles. The molecule has 1 aromatic carbocycles. The third-order valence-electron chi connectivity index (χ3n) is 5.12. The second-order valence-electron chi connectivity index (χ2n) is 7.02. The van der Waals surface area contributed by atoms with Crippen LogP contribution in [0.3, 0.4) is 0 Å². The summed E-state index contributed by atoms with van der Waals surface area (Å²) >= 11 is 0. The highest BCUT2D eigenvalue weighted by molar-refractivity contribution is 5.92. The van der Waals surface area contributed by atoms with Crippen molar-refractivity contribution in [1.29, 1.82) is 0 Å². The Morgan fingerprint density at radius 1 is 1.50 bits per heavy atom. The summed E-state index contributed by atoms with van der Waals surface area (Å²) in [5, 5.41) is 3.22. The topological polar surface area (TPSA) is 68.9 Å². The van der Waals surface area contributed by atoms with E-state index in [-0.39, 0.29) is 17.7 Å². The van der Waals surface area contributed by atoms with Crippen molar-refractivity contribution >= 4 is 11.6 Å². The van der Waals surface area contributed by atoms with Gasteiger partial charge in [-0.15, -0.1) is 0 Å². The monoisotopic (exact) mass is 331 g/mol. The van der Waals surface area contributed by atoms with Crippen LogP contribution in [0.4, 0.5) is 5.69 Å². The van der Waals surface area contributed by atoms with Crippen molar-refractivity contribution in [3.8, 4) is 0 Å². The van der Waals surface area contributed by atoms with Crippen LogP contribution >= 0.6 is 0 Å². The van der Waals surface area contributed by atoms with Crippen molar-refractivity contribution in [3.63, 3.8) is 0 Å². The van der Waals surface area contributed by atoms with E-state index in [1.165, 1.54) is 5.56 Å². The number of nitrogens with one attached hydrogen (secondary N) is 1. The number of aliphatic imine (C=N–C) groups is 1. The Labute approximate surface area is 144 Å². The van der Waals surface area contributed by atoms with Gasteiger partial charge in [0.2, 0.25) is 0 Å². The lowest BCUT2D eigenvalue weighted by molar-refractivity contribution is -0.188. The molecule has 1 spiro atoms. The van der Waals surface area contributed by atoms with Gasteiger partial charge in [0.25, 0.3) is 0 Å². The van der Waals surface area contributed by atoms with Gasteiger partial charge in [-0.3, -0.25) is 0 Å². The molecule has 3 atom stereocenters. The van der Waals surface area contributed by atoms with E-state index in [2.05, 4.69) is 31.3 Å². The number of guanidine groups is 1. The Bertz CT molecular complexity index is 594. The van der Waals surface area contributed by atoms with Crippen LogP contribution in [0.2, 0.25) is 0 Å². The normalized spacial score (nSPS) is 29.9. The minimum atomic E-state index is -0.262. The van der Waals surface area contributed by atoms with E-state index in [1.54, 1.807) is 0 Å². The molecule has 2 aliphatic rings. The zero-order valence-electron chi connectivity index (χ0n) is 14.9. The predicted molar refractivity (Wildman–Crippen MR) is 97.5 cm³/mol. The molecule has 3 rings (SSSR count). The number of nitrogens with zero attached hydrogens (tertiary/aromatic N) is 1. The molecule has 1 saturated heterocycles. The van der Waals surface area contributed by atoms with Crippen LogP contribution < -0.4 is 11.1 Å². The molecule has 5 heteroatoms. The fourth-order valence-corrected chi connectivity index (χ4v) is 3.75. The Hall–Kier alpha value is -1.59. The van der Waals surface area contributed by atoms with Crippen molar-refractivity contribution in [1.82, 2.24) is 0 Å². The van der Waals surface area contributed by atoms with Crippen molar-refractivity contribution in [2.75, 3.05) is 18.5 Å². The van der Waals surface area contributed by atoms with Crippen LogP contribution in [0.15, 0.2) is 29.3 Å². The van der Waals surface area contributed by atoms with Crippen LogP contribution in [-0.2, 0) is 9.47 Å². The number of hydrogen-bond donors (Lipinski definition) is 2. The Kier molecular flexibility index (Phi) is 5.11. The van der Waals surface area contributed by atoms with Gasteiger partial charge in [0.1, 0.15) is 5.60 Å². The summed E-state index contributed by atoms with van der Waals surface area (Å²) in [5.74, 6) is 0.935. The van der Waals surface area contributed by atoms with Crippen LogP contribution in [-0.4, -0.2) is 36.9 Å². The molecule has 5 nitrogen and oxygen atoms in total. The van der Waals surface area contributed by atoms with Crippen molar-refractivity contribution in [2.45, 2.75) is 63.7 Å². The summed E-state index contributed by atoms with van der Waals surface area (Å²) in [4.78, 5) is 4.70. The molecule has 3 N–H and O–H groups in total. The third kappa shape index (κ3) is 3.28. The Balaban J connectivity index is 1.69. The molecule has 0 bridgehead atoms. The smallest absolute Gasteiger partial charge is 0.193 e. The fraction of sp³-hybridized carbons (Fsp3) is 0.632. The lowest BCUT2D eigenvalue weighted by atomic mass is 9.70. The molecule has 1 aromatic rings. The van der Waals surface area contributed by atoms with E-state index in [1.807, 2.05) is 19.1 Å². The SMILES string of the molecule is CCOC1CC(N=C(N)Nc2cccc(C(C)C)c2)C12CCCO2. The lowest BCUT2D eigenvalue weighted by Gasteiger charge is -2.50. The first-order chi connectivity index (χ1) is 11.5. The van der Waals surface area contributed by atoms with Gasteiger partial charge in [0.05, 0.1) is 12.1 Å². The third-order valence-corrected chi connectivity index (χ3v) is 5.12. The molecule has 1 aliphatic carbocycles. The Morgan fingerprint density at radius 2 is 2.33 bits per heavy atom. The molecule has 0 radical (unpaired) electrons. The summed E-state index contributed by atoms with van der Waals surface area (Å²) in [7, 11) is 0. The van der Waals surface area contributed by atoms with Crippen molar-refractivity contribution in [2.24, 2.45) is 10.7 Å². The van der Waals surface area contributed by atoms with Gasteiger partial charge in [-0.05, 0) is 43.4 Å². The summed E-state index contributed by atoms with van der Waals surface area (Å²) < 4.78 is 11.9. The zero-order chi connectivity index (χ0) is 17.2. The molecule has 3 unspecified atom stereocenters. The molecule has 1 aliphatic heterocycles. The lowest BCUT2D eigenvalue weighted by Crippen LogP contribution is -2.63. The first kappa shape index (κ1) is 17.2. The molecule has 0 amide bonds. The minimum Gasteiger partial charge on any atom is -0.375 e. The molecule has 0 aromatic heterocycles. The molecule has 132 valence electrons. The second kappa shape index (κ2) is 7.11. The van der Waals surface area contributed by atoms with E-state index in [0.717, 1.165) is 31.6 Å². The second-order valence-corrected chi connectivity index (χ2v) is 7.02. The average molecular weight is 331 g/mol. The first-order valence-electron chi connectivity index (χ1n) is 9.01. The fourth-order valence-electron chi connectivity index (χ4n) is 3.75. The summed E-state index contributed by atoms with van der Waals surface area (Å²) in [6.07, 6.45) is 3.10. The average Bonchev–Trinajstić information content (AvgIpc) is 3.07. The maximum Gasteiger partial charge on any atom is 0.193 e. The summed E-state index contributed by atoms with van der Waals surface area (Å²) in [6, 6.07) is 8.39. The van der Waals surface area contributed by atoms with Crippen molar-refractivity contribution < 1.29 is 9.47 Å². The largest absolute Gasteiger partial charge is 0.375 e. The van der Waals surface area contributed by atoms with Crippen LogP contribution in [0, 0.1) is 0 Å². The summed E-state index contributed by atoms with van der Waals surface area (Å²) in [6.45, 7) is 7.89. The van der Waals surface area contributed by atoms with Gasteiger partial charge in [0.15, 0.2) is 5.96 Å². The van der Waals surface area contributed by atoms with Crippen LogP contribution in [0.5, 0.6) is 0 Å². The van der Waals surface area contributed by atoms with Crippen molar-refractivity contribution in [3.05, 3.63) is 29.8 Å². The first-order valence-corrected chi connectivity index (χ1v) is 9.01. The molecule has 24 heavy (non-hydrogen) atoms. The quantitative estimate of drug-likeness (QED) is 0.642. The maximum atomic E-state index is 6.16.